The van der Waals surface area contributed by atoms with E-state index in [9.17, 15) is 9.90 Å². The van der Waals surface area contributed by atoms with Gasteiger partial charge in [0.05, 0.1) is 16.7 Å². The zero-order valence-corrected chi connectivity index (χ0v) is 13.3. The van der Waals surface area contributed by atoms with Crippen molar-refractivity contribution in [2.24, 2.45) is 0 Å². The second kappa shape index (κ2) is 5.38. The van der Waals surface area contributed by atoms with E-state index in [1.165, 1.54) is 4.68 Å². The van der Waals surface area contributed by atoms with Crippen molar-refractivity contribution in [2.45, 2.75) is 19.6 Å². The average molecular weight is 311 g/mol. The minimum absolute atomic E-state index is 0.123. The minimum Gasteiger partial charge on any atom is -0.539 e. The van der Waals surface area contributed by atoms with Gasteiger partial charge < -0.3 is 9.63 Å². The molecule has 1 heterocycles. The van der Waals surface area contributed by atoms with Gasteiger partial charge in [-0.1, -0.05) is 31.8 Å². The van der Waals surface area contributed by atoms with Gasteiger partial charge in [-0.05, 0) is 10.7 Å². The predicted molar refractivity (Wildman–Crippen MR) is 75.5 cm³/mol. The van der Waals surface area contributed by atoms with Crippen LogP contribution in [-0.4, -0.2) is 25.0 Å². The second-order valence-corrected chi connectivity index (χ2v) is 10.7. The van der Waals surface area contributed by atoms with Crippen LogP contribution in [0.1, 0.15) is 10.4 Å². The number of rotatable bonds is 4. The number of nitrogens with zero attached hydrogens (tertiary/aromatic N) is 2. The molecule has 5 nitrogen and oxygen atoms in total. The summed E-state index contributed by atoms with van der Waals surface area (Å²) in [4.78, 5) is 11.9. The van der Waals surface area contributed by atoms with Crippen LogP contribution in [0.25, 0.3) is 5.69 Å². The van der Waals surface area contributed by atoms with E-state index >= 15 is 0 Å². The second-order valence-electron chi connectivity index (χ2n) is 5.44. The molecule has 0 aliphatic heterocycles. The van der Waals surface area contributed by atoms with Crippen LogP contribution in [0.15, 0.2) is 28.8 Å². The van der Waals surface area contributed by atoms with Crippen molar-refractivity contribution in [1.82, 2.24) is 5.27 Å². The number of para-hydroxylation sites is 1. The highest BCUT2D eigenvalue weighted by atomic mass is 35.5. The molecule has 0 saturated carbocycles. The Morgan fingerprint density at radius 3 is 2.65 bits per heavy atom. The third-order valence-corrected chi connectivity index (χ3v) is 4.95. The zero-order chi connectivity index (χ0) is 14.9. The highest BCUT2D eigenvalue weighted by molar-refractivity contribution is 6.88. The van der Waals surface area contributed by atoms with Crippen LogP contribution in [0.3, 0.4) is 0 Å². The highest BCUT2D eigenvalue weighted by Crippen LogP contribution is 2.13. The van der Waals surface area contributed by atoms with Crippen molar-refractivity contribution in [2.75, 3.05) is 5.88 Å². The van der Waals surface area contributed by atoms with Crippen LogP contribution in [0, 0.1) is 0 Å². The normalized spacial score (nSPS) is 11.6. The van der Waals surface area contributed by atoms with Crippen LogP contribution >= 0.6 is 11.6 Å². The first-order valence-electron chi connectivity index (χ1n) is 6.14. The number of halogens is 1. The summed E-state index contributed by atoms with van der Waals surface area (Å²) in [6, 6.07) is 6.92. The van der Waals surface area contributed by atoms with Gasteiger partial charge in [0.2, 0.25) is 11.0 Å². The van der Waals surface area contributed by atoms with Crippen LogP contribution in [0.2, 0.25) is 19.6 Å². The molecule has 2 rings (SSSR count). The van der Waals surface area contributed by atoms with Crippen LogP contribution < -0.4 is 15.1 Å². The van der Waals surface area contributed by atoms with Crippen LogP contribution in [-0.2, 0) is 0 Å². The smallest absolute Gasteiger partial charge is 0.249 e. The van der Waals surface area contributed by atoms with Crippen molar-refractivity contribution in [3.05, 3.63) is 29.8 Å². The van der Waals surface area contributed by atoms with Gasteiger partial charge in [-0.2, -0.15) is 0 Å². The largest absolute Gasteiger partial charge is 0.539 e. The van der Waals surface area contributed by atoms with Gasteiger partial charge in [0, 0.05) is 6.07 Å². The van der Waals surface area contributed by atoms with Crippen molar-refractivity contribution in [3.8, 4) is 11.6 Å². The standard InChI is InChI=1S/C13H15ClN2O3Si/c1-20(2,3)12-13(18)19-15-16(12)10-7-5-4-6-9(10)11(17)8-14/h4-7H,8H2,1-3H3. The molecule has 0 saturated heterocycles. The molecule has 0 radical (unpaired) electrons. The lowest BCUT2D eigenvalue weighted by Gasteiger charge is -2.11. The average Bonchev–Trinajstić information content (AvgIpc) is 2.79. The topological polar surface area (TPSA) is 70.0 Å². The van der Waals surface area contributed by atoms with Gasteiger partial charge in [0.15, 0.2) is 13.9 Å². The van der Waals surface area contributed by atoms with E-state index < -0.39 is 14.0 Å². The van der Waals surface area contributed by atoms with E-state index in [1.807, 2.05) is 19.6 Å². The van der Waals surface area contributed by atoms with Gasteiger partial charge in [-0.15, -0.1) is 11.6 Å². The lowest BCUT2D eigenvalue weighted by molar-refractivity contribution is -0.655. The van der Waals surface area contributed by atoms with E-state index in [0.29, 0.717) is 16.6 Å². The molecule has 0 N–H and O–H groups in total. The zero-order valence-electron chi connectivity index (χ0n) is 11.5. The maximum Gasteiger partial charge on any atom is 0.249 e. The van der Waals surface area contributed by atoms with Gasteiger partial charge in [-0.25, -0.2) is 0 Å². The Morgan fingerprint density at radius 1 is 1.40 bits per heavy atom. The summed E-state index contributed by atoms with van der Waals surface area (Å²) in [5.74, 6) is -0.786. The summed E-state index contributed by atoms with van der Waals surface area (Å²) in [7, 11) is -1.97. The lowest BCUT2D eigenvalue weighted by atomic mass is 10.1. The Hall–Kier alpha value is -1.66. The van der Waals surface area contributed by atoms with Crippen molar-refractivity contribution in [1.29, 1.82) is 0 Å². The molecule has 2 aromatic rings. The molecule has 7 heteroatoms. The first-order chi connectivity index (χ1) is 9.36. The number of hydrogen-bond acceptors (Lipinski definition) is 4. The Bertz CT molecular complexity index is 649. The Kier molecular flexibility index (Phi) is 3.96. The molecule has 0 unspecified atom stereocenters. The lowest BCUT2D eigenvalue weighted by Crippen LogP contribution is -2.60. The molecule has 0 amide bonds. The fraction of sp³-hybridized carbons (Fsp3) is 0.308. The molecule has 0 atom stereocenters. The summed E-state index contributed by atoms with van der Waals surface area (Å²) >= 11 is 5.63. The summed E-state index contributed by atoms with van der Waals surface area (Å²) in [6.45, 7) is 6.05. The molecule has 1 aromatic heterocycles. The predicted octanol–water partition coefficient (Wildman–Crippen LogP) is 0.992. The molecular formula is C13H15ClN2O3Si. The fourth-order valence-electron chi connectivity index (χ4n) is 2.00. The number of Topliss-reactive ketones (excluding diaryl/α,β-unsaturated/α-hetero) is 1. The molecule has 0 aliphatic rings. The van der Waals surface area contributed by atoms with Gasteiger partial charge >= 0.3 is 0 Å². The maximum absolute atomic E-state index is 11.9. The SMILES string of the molecule is C[Si](C)(C)c1c([O-])on[n+]1-c1ccccc1C(=O)CCl. The number of carbonyl (C=O) groups is 1. The summed E-state index contributed by atoms with van der Waals surface area (Å²) in [5.41, 5.74) is 0.960. The summed E-state index contributed by atoms with van der Waals surface area (Å²) < 4.78 is 6.23. The Labute approximate surface area is 122 Å². The molecule has 20 heavy (non-hydrogen) atoms. The van der Waals surface area contributed by atoms with E-state index in [1.54, 1.807) is 24.3 Å². The molecule has 1 aromatic carbocycles. The van der Waals surface area contributed by atoms with E-state index in [4.69, 9.17) is 16.1 Å². The minimum atomic E-state index is -1.97. The molecule has 0 fully saturated rings. The van der Waals surface area contributed by atoms with Crippen molar-refractivity contribution in [3.63, 3.8) is 0 Å². The van der Waals surface area contributed by atoms with E-state index in [2.05, 4.69) is 5.27 Å². The van der Waals surface area contributed by atoms with Crippen LogP contribution in [0.4, 0.5) is 0 Å². The van der Waals surface area contributed by atoms with Crippen LogP contribution in [0.5, 0.6) is 5.95 Å². The van der Waals surface area contributed by atoms with Gasteiger partial charge in [0.1, 0.15) is 5.95 Å². The first kappa shape index (κ1) is 14.7. The first-order valence-corrected chi connectivity index (χ1v) is 10.2. The van der Waals surface area contributed by atoms with Gasteiger partial charge in [0.25, 0.3) is 0 Å². The van der Waals surface area contributed by atoms with E-state index in [0.717, 1.165) is 0 Å². The number of aromatic nitrogens is 2. The number of ketones is 1. The molecule has 0 aliphatic carbocycles. The maximum atomic E-state index is 11.9. The molecular weight excluding hydrogens is 296 g/mol. The van der Waals surface area contributed by atoms with E-state index in [-0.39, 0.29) is 11.7 Å². The molecule has 0 spiro atoms. The number of carbonyl (C=O) groups excluding carboxylic acids is 1. The quantitative estimate of drug-likeness (QED) is 0.365. The number of alkyl halides is 1. The van der Waals surface area contributed by atoms with Crippen molar-refractivity contribution >= 4 is 30.8 Å². The summed E-state index contributed by atoms with van der Waals surface area (Å²) in [6.07, 6.45) is 0. The Morgan fingerprint density at radius 2 is 2.05 bits per heavy atom. The third-order valence-electron chi connectivity index (χ3n) is 2.87. The molecule has 106 valence electrons. The highest BCUT2D eigenvalue weighted by Gasteiger charge is 2.35. The Balaban J connectivity index is 2.68. The fourth-order valence-corrected chi connectivity index (χ4v) is 3.60. The monoisotopic (exact) mass is 310 g/mol. The van der Waals surface area contributed by atoms with Gasteiger partial charge in [-0.3, -0.25) is 4.79 Å². The summed E-state index contributed by atoms with van der Waals surface area (Å²) in [5, 5.41) is 16.2. The van der Waals surface area contributed by atoms with Crippen molar-refractivity contribution < 1.29 is 19.1 Å². The third kappa shape index (κ3) is 2.61. The molecule has 0 bridgehead atoms. The number of hydrogen-bond donors (Lipinski definition) is 0. The number of benzene rings is 1.